The number of nitrogens with one attached hydrogen (secondary N) is 1. The zero-order valence-electron chi connectivity index (χ0n) is 16.2. The molecule has 1 amide bonds. The molecule has 1 atom stereocenters. The molecule has 0 spiro atoms. The highest BCUT2D eigenvalue weighted by Crippen LogP contribution is 2.25. The minimum Gasteiger partial charge on any atom is -0.324 e. The van der Waals surface area contributed by atoms with E-state index < -0.39 is 0 Å². The summed E-state index contributed by atoms with van der Waals surface area (Å²) in [6.45, 7) is 5.89. The highest BCUT2D eigenvalue weighted by Gasteiger charge is 2.28. The monoisotopic (exact) mass is 384 g/mol. The van der Waals surface area contributed by atoms with Gasteiger partial charge in [-0.1, -0.05) is 38.5 Å². The molecule has 0 radical (unpaired) electrons. The normalized spacial score (nSPS) is 17.6. The number of anilines is 1. The fourth-order valence-electron chi connectivity index (χ4n) is 3.75. The number of aryl methyl sites for hydroxylation is 2. The van der Waals surface area contributed by atoms with Gasteiger partial charge in [-0.2, -0.15) is 0 Å². The summed E-state index contributed by atoms with van der Waals surface area (Å²) < 4.78 is 12.3. The summed E-state index contributed by atoms with van der Waals surface area (Å²) in [5.41, 5.74) is 3.43. The van der Waals surface area contributed by atoms with Crippen LogP contribution in [0.1, 0.15) is 63.5 Å². The van der Waals surface area contributed by atoms with Crippen LogP contribution in [0.15, 0.2) is 18.2 Å². The number of likely N-dealkylation sites (tertiary alicyclic amines) is 1. The standard InChI is InChI=1S/C21H33FN2O.ClH/c1-3-17-11-10-12-18(4-2)20(17)23-21(25)19-13-6-9-16-24(19)15-8-5-7-14-22;/h10-12,19H,3-9,13-16H2,1-2H3,(H,23,25);1H/t19-;/m0./s1. The van der Waals surface area contributed by atoms with E-state index in [1.807, 2.05) is 0 Å². The predicted octanol–water partition coefficient (Wildman–Crippen LogP) is 5.17. The van der Waals surface area contributed by atoms with E-state index in [0.717, 1.165) is 63.7 Å². The molecule has 1 fully saturated rings. The van der Waals surface area contributed by atoms with Crippen molar-refractivity contribution in [1.29, 1.82) is 0 Å². The van der Waals surface area contributed by atoms with Crippen molar-refractivity contribution >= 4 is 24.0 Å². The first-order chi connectivity index (χ1) is 12.2. The first-order valence-corrected chi connectivity index (χ1v) is 9.92. The number of alkyl halides is 1. The zero-order valence-corrected chi connectivity index (χ0v) is 17.0. The van der Waals surface area contributed by atoms with Crippen molar-refractivity contribution in [3.8, 4) is 0 Å². The van der Waals surface area contributed by atoms with E-state index in [-0.39, 0.29) is 31.0 Å². The minimum absolute atomic E-state index is 0. The quantitative estimate of drug-likeness (QED) is 0.596. The molecule has 1 aliphatic rings. The van der Waals surface area contributed by atoms with E-state index in [9.17, 15) is 9.18 Å². The Morgan fingerprint density at radius 3 is 2.46 bits per heavy atom. The first-order valence-electron chi connectivity index (χ1n) is 9.92. The molecule has 1 N–H and O–H groups in total. The summed E-state index contributed by atoms with van der Waals surface area (Å²) in [5.74, 6) is 0.126. The van der Waals surface area contributed by atoms with E-state index in [1.54, 1.807) is 0 Å². The average molecular weight is 385 g/mol. The third-order valence-electron chi connectivity index (χ3n) is 5.24. The van der Waals surface area contributed by atoms with Crippen LogP contribution in [0.2, 0.25) is 0 Å². The summed E-state index contributed by atoms with van der Waals surface area (Å²) >= 11 is 0. The van der Waals surface area contributed by atoms with E-state index in [2.05, 4.69) is 42.3 Å². The molecule has 0 saturated carbocycles. The van der Waals surface area contributed by atoms with Gasteiger partial charge in [0.2, 0.25) is 5.91 Å². The van der Waals surface area contributed by atoms with Crippen molar-refractivity contribution in [3.63, 3.8) is 0 Å². The molecule has 3 nitrogen and oxygen atoms in total. The molecule has 0 bridgehead atoms. The highest BCUT2D eigenvalue weighted by molar-refractivity contribution is 5.96. The van der Waals surface area contributed by atoms with Crippen LogP contribution < -0.4 is 5.32 Å². The SMILES string of the molecule is CCc1cccc(CC)c1NC(=O)[C@@H]1CCCCN1CCCCCF.Cl. The molecule has 148 valence electrons. The fourth-order valence-corrected chi connectivity index (χ4v) is 3.75. The molecule has 1 aromatic carbocycles. The first kappa shape index (κ1) is 22.9. The van der Waals surface area contributed by atoms with Crippen molar-refractivity contribution in [3.05, 3.63) is 29.3 Å². The number of para-hydroxylation sites is 1. The zero-order chi connectivity index (χ0) is 18.1. The maximum Gasteiger partial charge on any atom is 0.241 e. The number of piperidine rings is 1. The van der Waals surface area contributed by atoms with Crippen LogP contribution >= 0.6 is 12.4 Å². The van der Waals surface area contributed by atoms with Gasteiger partial charge >= 0.3 is 0 Å². The van der Waals surface area contributed by atoms with Crippen LogP contribution in [0.5, 0.6) is 0 Å². The Morgan fingerprint density at radius 1 is 1.15 bits per heavy atom. The Balaban J connectivity index is 0.00000338. The van der Waals surface area contributed by atoms with Crippen molar-refractivity contribution in [2.24, 2.45) is 0 Å². The number of unbranched alkanes of at least 4 members (excludes halogenated alkanes) is 2. The summed E-state index contributed by atoms with van der Waals surface area (Å²) in [6, 6.07) is 6.23. The maximum absolute atomic E-state index is 13.0. The smallest absolute Gasteiger partial charge is 0.241 e. The lowest BCUT2D eigenvalue weighted by Gasteiger charge is -2.35. The topological polar surface area (TPSA) is 32.3 Å². The lowest BCUT2D eigenvalue weighted by atomic mass is 9.99. The summed E-state index contributed by atoms with van der Waals surface area (Å²) in [7, 11) is 0. The summed E-state index contributed by atoms with van der Waals surface area (Å²) in [4.78, 5) is 15.3. The van der Waals surface area contributed by atoms with E-state index in [4.69, 9.17) is 0 Å². The van der Waals surface area contributed by atoms with E-state index >= 15 is 0 Å². The second kappa shape index (κ2) is 12.3. The number of halogens is 2. The molecule has 5 heteroatoms. The molecule has 2 rings (SSSR count). The van der Waals surface area contributed by atoms with Gasteiger partial charge in [0.1, 0.15) is 0 Å². The highest BCUT2D eigenvalue weighted by atomic mass is 35.5. The van der Waals surface area contributed by atoms with Gasteiger partial charge in [-0.15, -0.1) is 12.4 Å². The van der Waals surface area contributed by atoms with E-state index in [1.165, 1.54) is 11.1 Å². The van der Waals surface area contributed by atoms with Crippen molar-refractivity contribution in [1.82, 2.24) is 4.90 Å². The van der Waals surface area contributed by atoms with Crippen LogP contribution in [-0.2, 0) is 17.6 Å². The molecule has 0 aliphatic carbocycles. The Bertz CT molecular complexity index is 531. The Labute approximate surface area is 164 Å². The van der Waals surface area contributed by atoms with Crippen LogP contribution in [-0.4, -0.2) is 36.6 Å². The van der Waals surface area contributed by atoms with Crippen LogP contribution in [0.25, 0.3) is 0 Å². The Kier molecular flexibility index (Phi) is 10.8. The van der Waals surface area contributed by atoms with Crippen LogP contribution in [0.3, 0.4) is 0 Å². The van der Waals surface area contributed by atoms with Crippen molar-refractivity contribution in [2.75, 3.05) is 25.1 Å². The molecule has 1 heterocycles. The van der Waals surface area contributed by atoms with E-state index in [0.29, 0.717) is 6.42 Å². The van der Waals surface area contributed by atoms with Gasteiger partial charge in [0, 0.05) is 5.69 Å². The summed E-state index contributed by atoms with van der Waals surface area (Å²) in [5, 5.41) is 3.24. The Morgan fingerprint density at radius 2 is 1.85 bits per heavy atom. The number of amides is 1. The number of carbonyl (C=O) groups is 1. The lowest BCUT2D eigenvalue weighted by Crippen LogP contribution is -2.47. The summed E-state index contributed by atoms with van der Waals surface area (Å²) in [6.07, 6.45) is 7.52. The number of carbonyl (C=O) groups excluding carboxylic acids is 1. The molecular weight excluding hydrogens is 351 g/mol. The van der Waals surface area contributed by atoms with Crippen LogP contribution in [0, 0.1) is 0 Å². The van der Waals surface area contributed by atoms with Crippen molar-refractivity contribution in [2.45, 2.75) is 71.3 Å². The van der Waals surface area contributed by atoms with Gasteiger partial charge in [-0.25, -0.2) is 0 Å². The molecule has 26 heavy (non-hydrogen) atoms. The van der Waals surface area contributed by atoms with Crippen LogP contribution in [0.4, 0.5) is 10.1 Å². The third-order valence-corrected chi connectivity index (χ3v) is 5.24. The fraction of sp³-hybridized carbons (Fsp3) is 0.667. The number of nitrogens with zero attached hydrogens (tertiary/aromatic N) is 1. The van der Waals surface area contributed by atoms with Gasteiger partial charge in [-0.3, -0.25) is 14.1 Å². The number of benzene rings is 1. The minimum atomic E-state index is -0.239. The largest absolute Gasteiger partial charge is 0.324 e. The van der Waals surface area contributed by atoms with Crippen molar-refractivity contribution < 1.29 is 9.18 Å². The number of hydrogen-bond acceptors (Lipinski definition) is 2. The van der Waals surface area contributed by atoms with Gasteiger partial charge in [-0.05, 0) is 69.2 Å². The average Bonchev–Trinajstić information content (AvgIpc) is 2.65. The third kappa shape index (κ3) is 6.24. The molecular formula is C21H34ClFN2O. The molecule has 0 unspecified atom stereocenters. The van der Waals surface area contributed by atoms with Gasteiger partial charge in [0.05, 0.1) is 12.7 Å². The second-order valence-corrected chi connectivity index (χ2v) is 6.94. The number of rotatable bonds is 9. The Hall–Kier alpha value is -1.13. The lowest BCUT2D eigenvalue weighted by molar-refractivity contribution is -0.122. The molecule has 0 aromatic heterocycles. The predicted molar refractivity (Wildman–Crippen MR) is 110 cm³/mol. The maximum atomic E-state index is 13.0. The van der Waals surface area contributed by atoms with Gasteiger partial charge in [0.25, 0.3) is 0 Å². The molecule has 1 aromatic rings. The molecule has 1 saturated heterocycles. The number of hydrogen-bond donors (Lipinski definition) is 1. The van der Waals surface area contributed by atoms with Gasteiger partial charge in [0.15, 0.2) is 0 Å². The molecule has 1 aliphatic heterocycles. The van der Waals surface area contributed by atoms with Gasteiger partial charge < -0.3 is 5.32 Å². The second-order valence-electron chi connectivity index (χ2n) is 6.94.